The molecule has 0 aliphatic carbocycles. The van der Waals surface area contributed by atoms with E-state index in [4.69, 9.17) is 16.7 Å². The Morgan fingerprint density at radius 2 is 1.90 bits per heavy atom. The van der Waals surface area contributed by atoms with Gasteiger partial charge in [-0.1, -0.05) is 11.6 Å². The first-order valence-corrected chi connectivity index (χ1v) is 7.18. The predicted octanol–water partition coefficient (Wildman–Crippen LogP) is -1.48. The van der Waals surface area contributed by atoms with Crippen LogP contribution in [0.4, 0.5) is 5.69 Å². The van der Waals surface area contributed by atoms with Crippen molar-refractivity contribution in [3.63, 3.8) is 0 Å². The Labute approximate surface area is 122 Å². The summed E-state index contributed by atoms with van der Waals surface area (Å²) in [6.45, 7) is 5.52. The molecule has 0 radical (unpaired) electrons. The second-order valence-corrected chi connectivity index (χ2v) is 5.62. The van der Waals surface area contributed by atoms with E-state index in [1.54, 1.807) is 12.1 Å². The Morgan fingerprint density at radius 3 is 2.50 bits per heavy atom. The lowest BCUT2D eigenvalue weighted by atomic mass is 10.1. The van der Waals surface area contributed by atoms with Crippen LogP contribution >= 0.6 is 11.6 Å². The fourth-order valence-electron chi connectivity index (χ4n) is 2.69. The van der Waals surface area contributed by atoms with Crippen LogP contribution in [0.3, 0.4) is 0 Å². The van der Waals surface area contributed by atoms with Crippen LogP contribution in [0.15, 0.2) is 18.2 Å². The number of nitro benzene ring substituents is 1. The Kier molecular flexibility index (Phi) is 5.31. The zero-order chi connectivity index (χ0) is 14.5. The first-order valence-electron chi connectivity index (χ1n) is 6.81. The summed E-state index contributed by atoms with van der Waals surface area (Å²) in [5.41, 5.74) is 0.843. The fourth-order valence-corrected chi connectivity index (χ4v) is 2.88. The smallest absolute Gasteiger partial charge is 0.278 e. The number of nitrogens with zero attached hydrogens (tertiary/aromatic N) is 1. The van der Waals surface area contributed by atoms with Crippen molar-refractivity contribution in [1.82, 2.24) is 0 Å². The molecule has 2 rings (SSSR count). The van der Waals surface area contributed by atoms with Gasteiger partial charge < -0.3 is 14.9 Å². The van der Waals surface area contributed by atoms with Gasteiger partial charge in [-0.05, 0) is 12.1 Å². The number of quaternary nitrogens is 2. The standard InChI is InChI=1S/C13H18ClN3O3/c14-12-1-2-13(17(19)20)11(9-12)10-16-5-3-15(4-6-16)7-8-18/h1-2,9,18H,3-8,10H2/p+2. The van der Waals surface area contributed by atoms with Crippen LogP contribution in [0, 0.1) is 10.1 Å². The number of nitrogens with one attached hydrogen (secondary N) is 2. The van der Waals surface area contributed by atoms with Crippen LogP contribution in [0.25, 0.3) is 0 Å². The molecule has 0 bridgehead atoms. The number of halogens is 1. The van der Waals surface area contributed by atoms with Gasteiger partial charge in [0, 0.05) is 11.1 Å². The van der Waals surface area contributed by atoms with Gasteiger partial charge in [-0.2, -0.15) is 0 Å². The minimum atomic E-state index is -0.349. The number of piperazine rings is 1. The summed E-state index contributed by atoms with van der Waals surface area (Å²) in [5, 5.41) is 20.5. The second-order valence-electron chi connectivity index (χ2n) is 5.18. The number of aliphatic hydroxyl groups excluding tert-OH is 1. The Morgan fingerprint density at radius 1 is 1.25 bits per heavy atom. The molecule has 1 heterocycles. The maximum atomic E-state index is 11.0. The van der Waals surface area contributed by atoms with Crippen molar-refractivity contribution in [2.45, 2.75) is 6.54 Å². The van der Waals surface area contributed by atoms with Gasteiger partial charge in [-0.3, -0.25) is 10.1 Å². The second kappa shape index (κ2) is 6.99. The summed E-state index contributed by atoms with van der Waals surface area (Å²) in [5.74, 6) is 0. The number of rotatable bonds is 5. The minimum Gasteiger partial charge on any atom is -0.391 e. The zero-order valence-corrected chi connectivity index (χ0v) is 12.0. The summed E-state index contributed by atoms with van der Waals surface area (Å²) in [7, 11) is 0. The van der Waals surface area contributed by atoms with Crippen LogP contribution in [0.5, 0.6) is 0 Å². The van der Waals surface area contributed by atoms with Gasteiger partial charge in [-0.15, -0.1) is 0 Å². The first-order chi connectivity index (χ1) is 9.60. The van der Waals surface area contributed by atoms with Crippen molar-refractivity contribution in [3.05, 3.63) is 38.9 Å². The van der Waals surface area contributed by atoms with E-state index in [0.717, 1.165) is 32.7 Å². The average Bonchev–Trinajstić information content (AvgIpc) is 2.41. The topological polar surface area (TPSA) is 72.2 Å². The van der Waals surface area contributed by atoms with Crippen molar-refractivity contribution in [1.29, 1.82) is 0 Å². The lowest BCUT2D eigenvalue weighted by Crippen LogP contribution is -3.27. The van der Waals surface area contributed by atoms with Crippen LogP contribution in [0.2, 0.25) is 5.02 Å². The fraction of sp³-hybridized carbons (Fsp3) is 0.538. The van der Waals surface area contributed by atoms with Gasteiger partial charge in [0.2, 0.25) is 0 Å². The maximum absolute atomic E-state index is 11.0. The number of aliphatic hydroxyl groups is 1. The Balaban J connectivity index is 2.00. The van der Waals surface area contributed by atoms with E-state index in [2.05, 4.69) is 0 Å². The summed E-state index contributed by atoms with van der Waals surface area (Å²) in [6.07, 6.45) is 0. The van der Waals surface area contributed by atoms with E-state index in [0.29, 0.717) is 17.1 Å². The molecular weight excluding hydrogens is 282 g/mol. The van der Waals surface area contributed by atoms with Crippen molar-refractivity contribution in [2.24, 2.45) is 0 Å². The third-order valence-corrected chi connectivity index (χ3v) is 4.04. The van der Waals surface area contributed by atoms with Gasteiger partial charge in [0.05, 0.1) is 17.1 Å². The van der Waals surface area contributed by atoms with Crippen LogP contribution in [-0.2, 0) is 6.54 Å². The van der Waals surface area contributed by atoms with Crippen LogP contribution < -0.4 is 9.80 Å². The molecular formula is C13H20ClN3O3+2. The molecule has 1 aromatic carbocycles. The van der Waals surface area contributed by atoms with Crippen molar-refractivity contribution in [2.75, 3.05) is 39.3 Å². The normalized spacial score (nSPS) is 22.7. The van der Waals surface area contributed by atoms with Crippen molar-refractivity contribution >= 4 is 17.3 Å². The highest BCUT2D eigenvalue weighted by molar-refractivity contribution is 6.30. The summed E-state index contributed by atoms with van der Waals surface area (Å²) in [4.78, 5) is 13.4. The van der Waals surface area contributed by atoms with E-state index in [-0.39, 0.29) is 17.2 Å². The third-order valence-electron chi connectivity index (χ3n) is 3.81. The summed E-state index contributed by atoms with van der Waals surface area (Å²) in [6, 6.07) is 4.73. The molecule has 0 spiro atoms. The van der Waals surface area contributed by atoms with Crippen LogP contribution in [-0.4, -0.2) is 49.4 Å². The van der Waals surface area contributed by atoms with E-state index in [1.165, 1.54) is 15.9 Å². The Hall–Kier alpha value is -1.21. The van der Waals surface area contributed by atoms with Gasteiger partial charge in [0.25, 0.3) is 5.69 Å². The quantitative estimate of drug-likeness (QED) is 0.459. The highest BCUT2D eigenvalue weighted by Gasteiger charge is 2.25. The summed E-state index contributed by atoms with van der Waals surface area (Å²) >= 11 is 5.94. The van der Waals surface area contributed by atoms with E-state index in [9.17, 15) is 10.1 Å². The molecule has 0 unspecified atom stereocenters. The maximum Gasteiger partial charge on any atom is 0.278 e. The molecule has 0 aromatic heterocycles. The van der Waals surface area contributed by atoms with Crippen molar-refractivity contribution < 1.29 is 19.8 Å². The molecule has 3 N–H and O–H groups in total. The molecule has 7 heteroatoms. The van der Waals surface area contributed by atoms with Crippen molar-refractivity contribution in [3.8, 4) is 0 Å². The highest BCUT2D eigenvalue weighted by atomic mass is 35.5. The van der Waals surface area contributed by atoms with Gasteiger partial charge in [0.1, 0.15) is 39.3 Å². The van der Waals surface area contributed by atoms with E-state index >= 15 is 0 Å². The monoisotopic (exact) mass is 301 g/mol. The minimum absolute atomic E-state index is 0.145. The molecule has 0 atom stereocenters. The van der Waals surface area contributed by atoms with E-state index < -0.39 is 0 Å². The number of benzene rings is 1. The molecule has 1 aromatic rings. The molecule has 1 fully saturated rings. The van der Waals surface area contributed by atoms with Gasteiger partial charge in [0.15, 0.2) is 0 Å². The Bertz CT molecular complexity index is 476. The molecule has 0 amide bonds. The third kappa shape index (κ3) is 3.89. The molecule has 1 aliphatic heterocycles. The molecule has 110 valence electrons. The average molecular weight is 302 g/mol. The number of hydrogen-bond donors (Lipinski definition) is 3. The predicted molar refractivity (Wildman–Crippen MR) is 75.2 cm³/mol. The largest absolute Gasteiger partial charge is 0.391 e. The van der Waals surface area contributed by atoms with Crippen LogP contribution in [0.1, 0.15) is 5.56 Å². The molecule has 6 nitrogen and oxygen atoms in total. The zero-order valence-electron chi connectivity index (χ0n) is 11.3. The lowest BCUT2D eigenvalue weighted by molar-refractivity contribution is -1.02. The number of hydrogen-bond acceptors (Lipinski definition) is 3. The van der Waals surface area contributed by atoms with Gasteiger partial charge in [-0.25, -0.2) is 0 Å². The molecule has 1 aliphatic rings. The summed E-state index contributed by atoms with van der Waals surface area (Å²) < 4.78 is 0. The SMILES string of the molecule is O=[N+]([O-])c1ccc(Cl)cc1C[NH+]1CC[NH+](CCO)CC1. The van der Waals surface area contributed by atoms with E-state index in [1.807, 2.05) is 0 Å². The molecule has 1 saturated heterocycles. The van der Waals surface area contributed by atoms with Gasteiger partial charge >= 0.3 is 0 Å². The first kappa shape index (κ1) is 15.2. The molecule has 0 saturated carbocycles. The lowest BCUT2D eigenvalue weighted by Gasteiger charge is -2.29. The highest BCUT2D eigenvalue weighted by Crippen LogP contribution is 2.21. The number of nitro groups is 1. The molecule has 20 heavy (non-hydrogen) atoms.